The summed E-state index contributed by atoms with van der Waals surface area (Å²) < 4.78 is 16.6. The predicted molar refractivity (Wildman–Crippen MR) is 62.1 cm³/mol. The first kappa shape index (κ1) is 11.3. The van der Waals surface area contributed by atoms with E-state index in [0.29, 0.717) is 6.61 Å². The zero-order valence-electron chi connectivity index (χ0n) is 10.1. The van der Waals surface area contributed by atoms with Crippen LogP contribution in [0.25, 0.3) is 0 Å². The molecule has 1 aliphatic rings. The third-order valence-electron chi connectivity index (χ3n) is 2.81. The first-order valence-electron chi connectivity index (χ1n) is 5.70. The minimum absolute atomic E-state index is 0.0930. The van der Waals surface area contributed by atoms with E-state index in [1.54, 1.807) is 7.11 Å². The second-order valence-electron chi connectivity index (χ2n) is 3.97. The molecule has 1 heterocycles. The lowest BCUT2D eigenvalue weighted by atomic mass is 10.0. The number of ether oxygens (including phenoxy) is 3. The van der Waals surface area contributed by atoms with Gasteiger partial charge in [-0.15, -0.1) is 0 Å². The lowest BCUT2D eigenvalue weighted by molar-refractivity contribution is -0.0865. The van der Waals surface area contributed by atoms with Crippen LogP contribution in [-0.2, 0) is 11.2 Å². The van der Waals surface area contributed by atoms with E-state index in [2.05, 4.69) is 0 Å². The van der Waals surface area contributed by atoms with Crippen molar-refractivity contribution in [2.24, 2.45) is 0 Å². The fourth-order valence-corrected chi connectivity index (χ4v) is 2.05. The molecule has 3 nitrogen and oxygen atoms in total. The van der Waals surface area contributed by atoms with Crippen molar-refractivity contribution in [2.45, 2.75) is 33.0 Å². The van der Waals surface area contributed by atoms with Crippen LogP contribution in [0.4, 0.5) is 0 Å². The third-order valence-corrected chi connectivity index (χ3v) is 2.81. The molecule has 1 aliphatic heterocycles. The number of hydrogen-bond donors (Lipinski definition) is 0. The lowest BCUT2D eigenvalue weighted by Crippen LogP contribution is -2.26. The molecule has 0 aromatic heterocycles. The highest BCUT2D eigenvalue weighted by Gasteiger charge is 2.22. The Labute approximate surface area is 96.3 Å². The lowest BCUT2D eigenvalue weighted by Gasteiger charge is -2.27. The van der Waals surface area contributed by atoms with Crippen LogP contribution in [0.2, 0.25) is 0 Å². The number of methoxy groups -OCH3 is 1. The number of fused-ring (bicyclic) bond motifs is 1. The van der Waals surface area contributed by atoms with Crippen molar-refractivity contribution >= 4 is 0 Å². The quantitative estimate of drug-likeness (QED) is 0.787. The largest absolute Gasteiger partial charge is 0.497 e. The van der Waals surface area contributed by atoms with Gasteiger partial charge in [0.05, 0.1) is 7.11 Å². The van der Waals surface area contributed by atoms with Crippen LogP contribution in [-0.4, -0.2) is 20.0 Å². The van der Waals surface area contributed by atoms with Crippen molar-refractivity contribution < 1.29 is 14.2 Å². The summed E-state index contributed by atoms with van der Waals surface area (Å²) in [6.07, 6.45) is 1.80. The molecule has 0 saturated heterocycles. The Kier molecular flexibility index (Phi) is 3.34. The average molecular weight is 222 g/mol. The van der Waals surface area contributed by atoms with E-state index in [0.717, 1.165) is 29.9 Å². The molecular formula is C13H18O3. The van der Waals surface area contributed by atoms with Gasteiger partial charge in [-0.2, -0.15) is 0 Å². The Morgan fingerprint density at radius 1 is 1.44 bits per heavy atom. The molecule has 0 fully saturated rings. The van der Waals surface area contributed by atoms with Gasteiger partial charge in [0.2, 0.25) is 0 Å². The van der Waals surface area contributed by atoms with E-state index in [4.69, 9.17) is 14.2 Å². The Bertz CT molecular complexity index is 374. The van der Waals surface area contributed by atoms with E-state index < -0.39 is 0 Å². The summed E-state index contributed by atoms with van der Waals surface area (Å²) in [5.74, 6) is 1.86. The number of benzene rings is 1. The van der Waals surface area contributed by atoms with E-state index in [9.17, 15) is 0 Å². The summed E-state index contributed by atoms with van der Waals surface area (Å²) in [6, 6.07) is 4.04. The molecule has 0 N–H and O–H groups in total. The van der Waals surface area contributed by atoms with E-state index in [1.165, 1.54) is 5.56 Å². The molecule has 16 heavy (non-hydrogen) atoms. The summed E-state index contributed by atoms with van der Waals surface area (Å²) in [5, 5.41) is 0. The van der Waals surface area contributed by atoms with Gasteiger partial charge < -0.3 is 14.2 Å². The fraction of sp³-hybridized carbons (Fsp3) is 0.538. The van der Waals surface area contributed by atoms with Gasteiger partial charge in [-0.05, 0) is 43.5 Å². The average Bonchev–Trinajstić information content (AvgIpc) is 2.30. The van der Waals surface area contributed by atoms with Crippen LogP contribution in [0, 0.1) is 6.92 Å². The molecule has 1 unspecified atom stereocenters. The van der Waals surface area contributed by atoms with Gasteiger partial charge in [-0.1, -0.05) is 0 Å². The zero-order valence-corrected chi connectivity index (χ0v) is 10.1. The first-order valence-corrected chi connectivity index (χ1v) is 5.70. The van der Waals surface area contributed by atoms with Crippen LogP contribution in [0.15, 0.2) is 12.1 Å². The molecule has 88 valence electrons. The van der Waals surface area contributed by atoms with E-state index >= 15 is 0 Å². The number of aryl methyl sites for hydroxylation is 2. The smallest absolute Gasteiger partial charge is 0.200 e. The molecular weight excluding hydrogens is 204 g/mol. The van der Waals surface area contributed by atoms with Crippen molar-refractivity contribution in [1.82, 2.24) is 0 Å². The van der Waals surface area contributed by atoms with Gasteiger partial charge in [0.25, 0.3) is 0 Å². The minimum atomic E-state index is -0.0930. The van der Waals surface area contributed by atoms with Crippen LogP contribution in [0.1, 0.15) is 24.5 Å². The normalized spacial score (nSPS) is 18.8. The summed E-state index contributed by atoms with van der Waals surface area (Å²) in [7, 11) is 1.69. The van der Waals surface area contributed by atoms with Crippen LogP contribution in [0.5, 0.6) is 11.5 Å². The second-order valence-corrected chi connectivity index (χ2v) is 3.97. The Morgan fingerprint density at radius 3 is 2.94 bits per heavy atom. The molecule has 0 bridgehead atoms. The molecule has 1 atom stereocenters. The summed E-state index contributed by atoms with van der Waals surface area (Å²) >= 11 is 0. The maximum absolute atomic E-state index is 5.82. The van der Waals surface area contributed by atoms with Crippen LogP contribution in [0.3, 0.4) is 0 Å². The number of hydrogen-bond acceptors (Lipinski definition) is 3. The molecule has 2 rings (SSSR count). The van der Waals surface area contributed by atoms with Crippen LogP contribution < -0.4 is 9.47 Å². The summed E-state index contributed by atoms with van der Waals surface area (Å²) in [6.45, 7) is 4.71. The Balaban J connectivity index is 2.25. The van der Waals surface area contributed by atoms with Crippen molar-refractivity contribution in [3.63, 3.8) is 0 Å². The van der Waals surface area contributed by atoms with Crippen molar-refractivity contribution in [3.05, 3.63) is 23.3 Å². The molecule has 1 aromatic carbocycles. The van der Waals surface area contributed by atoms with Gasteiger partial charge in [-0.25, -0.2) is 0 Å². The molecule has 0 spiro atoms. The second kappa shape index (κ2) is 4.74. The minimum Gasteiger partial charge on any atom is -0.497 e. The number of rotatable bonds is 3. The van der Waals surface area contributed by atoms with Crippen LogP contribution >= 0.6 is 0 Å². The zero-order chi connectivity index (χ0) is 11.5. The maximum Gasteiger partial charge on any atom is 0.200 e. The van der Waals surface area contributed by atoms with E-state index in [-0.39, 0.29) is 6.29 Å². The van der Waals surface area contributed by atoms with Crippen molar-refractivity contribution in [1.29, 1.82) is 0 Å². The Hall–Kier alpha value is -1.22. The monoisotopic (exact) mass is 222 g/mol. The highest BCUT2D eigenvalue weighted by Crippen LogP contribution is 2.34. The SMILES string of the molecule is CCOC1CCc2cc(OC)cc(C)c2O1. The standard InChI is InChI=1S/C13H18O3/c1-4-15-12-6-5-10-8-11(14-3)7-9(2)13(10)16-12/h7-8,12H,4-6H2,1-3H3. The topological polar surface area (TPSA) is 27.7 Å². The predicted octanol–water partition coefficient (Wildman–Crippen LogP) is 2.69. The maximum atomic E-state index is 5.82. The van der Waals surface area contributed by atoms with Gasteiger partial charge in [0, 0.05) is 13.0 Å². The molecule has 0 aliphatic carbocycles. The van der Waals surface area contributed by atoms with Crippen molar-refractivity contribution in [2.75, 3.05) is 13.7 Å². The fourth-order valence-electron chi connectivity index (χ4n) is 2.05. The molecule has 1 aromatic rings. The highest BCUT2D eigenvalue weighted by molar-refractivity contribution is 5.47. The molecule has 3 heteroatoms. The molecule has 0 amide bonds. The van der Waals surface area contributed by atoms with E-state index in [1.807, 2.05) is 26.0 Å². The van der Waals surface area contributed by atoms with Gasteiger partial charge >= 0.3 is 0 Å². The Morgan fingerprint density at radius 2 is 2.25 bits per heavy atom. The summed E-state index contributed by atoms with van der Waals surface area (Å²) in [4.78, 5) is 0. The third kappa shape index (κ3) is 2.14. The van der Waals surface area contributed by atoms with Crippen molar-refractivity contribution in [3.8, 4) is 11.5 Å². The van der Waals surface area contributed by atoms with Gasteiger partial charge in [-0.3, -0.25) is 0 Å². The highest BCUT2D eigenvalue weighted by atomic mass is 16.7. The van der Waals surface area contributed by atoms with Gasteiger partial charge in [0.1, 0.15) is 11.5 Å². The first-order chi connectivity index (χ1) is 7.74. The molecule has 0 radical (unpaired) electrons. The van der Waals surface area contributed by atoms with Gasteiger partial charge in [0.15, 0.2) is 6.29 Å². The summed E-state index contributed by atoms with van der Waals surface area (Å²) in [5.41, 5.74) is 2.33. The molecule has 0 saturated carbocycles.